The highest BCUT2D eigenvalue weighted by molar-refractivity contribution is 5.83. The third kappa shape index (κ3) is 2.42. The monoisotopic (exact) mass is 228 g/mol. The number of carbonyl (C=O) groups is 1. The highest BCUT2D eigenvalue weighted by Gasteiger charge is 2.46. The second kappa shape index (κ2) is 5.43. The lowest BCUT2D eigenvalue weighted by Crippen LogP contribution is -2.52. The smallest absolute Gasteiger partial charge is 0.232 e. The summed E-state index contributed by atoms with van der Waals surface area (Å²) in [7, 11) is 0. The van der Waals surface area contributed by atoms with Crippen molar-refractivity contribution in [1.29, 1.82) is 0 Å². The predicted molar refractivity (Wildman–Crippen MR) is 60.8 cm³/mol. The van der Waals surface area contributed by atoms with Crippen LogP contribution in [0.15, 0.2) is 12.7 Å². The van der Waals surface area contributed by atoms with Gasteiger partial charge in [-0.25, -0.2) is 0 Å². The summed E-state index contributed by atoms with van der Waals surface area (Å²) in [6, 6.07) is -0.286. The van der Waals surface area contributed by atoms with Crippen LogP contribution in [0.3, 0.4) is 0 Å². The second-order valence-electron chi connectivity index (χ2n) is 4.30. The zero-order chi connectivity index (χ0) is 12.2. The average molecular weight is 228 g/mol. The van der Waals surface area contributed by atoms with Crippen LogP contribution in [-0.4, -0.2) is 54.9 Å². The maximum atomic E-state index is 12.3. The molecule has 0 aromatic heterocycles. The van der Waals surface area contributed by atoms with Gasteiger partial charge in [-0.15, -0.1) is 6.58 Å². The quantitative estimate of drug-likeness (QED) is 0.614. The fourth-order valence-electron chi connectivity index (χ4n) is 1.82. The van der Waals surface area contributed by atoms with E-state index in [1.807, 2.05) is 0 Å². The van der Waals surface area contributed by atoms with Gasteiger partial charge in [-0.1, -0.05) is 6.08 Å². The van der Waals surface area contributed by atoms with Crippen molar-refractivity contribution >= 4 is 5.91 Å². The van der Waals surface area contributed by atoms with E-state index in [2.05, 4.69) is 6.58 Å². The Kier molecular flexibility index (Phi) is 4.46. The molecule has 2 unspecified atom stereocenters. The van der Waals surface area contributed by atoms with Gasteiger partial charge >= 0.3 is 0 Å². The molecule has 0 bridgehead atoms. The number of aliphatic hydroxyl groups excluding tert-OH is 1. The van der Waals surface area contributed by atoms with Crippen molar-refractivity contribution in [3.63, 3.8) is 0 Å². The van der Waals surface area contributed by atoms with Crippen molar-refractivity contribution in [2.45, 2.75) is 13.0 Å². The molecular weight excluding hydrogens is 208 g/mol. The van der Waals surface area contributed by atoms with Gasteiger partial charge in [0.15, 0.2) is 0 Å². The maximum absolute atomic E-state index is 12.3. The lowest BCUT2D eigenvalue weighted by Gasteiger charge is -2.32. The molecule has 0 aromatic carbocycles. The van der Waals surface area contributed by atoms with Crippen LogP contribution in [0.2, 0.25) is 0 Å². The third-order valence-corrected chi connectivity index (χ3v) is 3.01. The number of amides is 1. The first-order valence-corrected chi connectivity index (χ1v) is 5.40. The summed E-state index contributed by atoms with van der Waals surface area (Å²) in [4.78, 5) is 13.8. The summed E-state index contributed by atoms with van der Waals surface area (Å²) in [5.41, 5.74) is 5.20. The van der Waals surface area contributed by atoms with E-state index in [4.69, 9.17) is 15.6 Å². The summed E-state index contributed by atoms with van der Waals surface area (Å²) in [5.74, 6) is -0.0774. The fourth-order valence-corrected chi connectivity index (χ4v) is 1.82. The highest BCUT2D eigenvalue weighted by Crippen LogP contribution is 2.29. The Labute approximate surface area is 95.9 Å². The number of nitrogens with zero attached hydrogens (tertiary/aromatic N) is 1. The minimum absolute atomic E-state index is 0.0637. The lowest BCUT2D eigenvalue weighted by molar-refractivity contribution is -0.141. The molecule has 0 aromatic rings. The molecule has 1 heterocycles. The molecular formula is C11H20N2O3. The standard InChI is InChI=1S/C11H20N2O3/c1-3-4-13(5-6-14)10(15)11(2)8-16-7-9(11)12/h3,9,14H,1,4-8,12H2,2H3. The average Bonchev–Trinajstić information content (AvgIpc) is 2.59. The zero-order valence-corrected chi connectivity index (χ0v) is 9.69. The number of carbonyl (C=O) groups excluding carboxylic acids is 1. The number of hydrogen-bond donors (Lipinski definition) is 2. The van der Waals surface area contributed by atoms with E-state index < -0.39 is 5.41 Å². The first kappa shape index (κ1) is 13.2. The van der Waals surface area contributed by atoms with Gasteiger partial charge in [0.2, 0.25) is 5.91 Å². The molecule has 1 rings (SSSR count). The van der Waals surface area contributed by atoms with Gasteiger partial charge in [0.25, 0.3) is 0 Å². The van der Waals surface area contributed by atoms with E-state index in [1.165, 1.54) is 0 Å². The van der Waals surface area contributed by atoms with E-state index in [0.29, 0.717) is 26.3 Å². The Morgan fingerprint density at radius 3 is 2.94 bits per heavy atom. The number of aliphatic hydroxyl groups is 1. The van der Waals surface area contributed by atoms with Gasteiger partial charge in [-0.2, -0.15) is 0 Å². The molecule has 1 aliphatic heterocycles. The van der Waals surface area contributed by atoms with E-state index in [9.17, 15) is 4.79 Å². The number of ether oxygens (including phenoxy) is 1. The Bertz CT molecular complexity index is 270. The van der Waals surface area contributed by atoms with Crippen LogP contribution in [0.5, 0.6) is 0 Å². The van der Waals surface area contributed by atoms with Crippen LogP contribution in [-0.2, 0) is 9.53 Å². The molecule has 5 nitrogen and oxygen atoms in total. The minimum Gasteiger partial charge on any atom is -0.395 e. The van der Waals surface area contributed by atoms with Crippen molar-refractivity contribution in [2.75, 3.05) is 32.9 Å². The largest absolute Gasteiger partial charge is 0.395 e. The van der Waals surface area contributed by atoms with Crippen molar-refractivity contribution in [2.24, 2.45) is 11.1 Å². The van der Waals surface area contributed by atoms with Gasteiger partial charge < -0.3 is 20.5 Å². The van der Waals surface area contributed by atoms with Crippen LogP contribution < -0.4 is 5.73 Å². The van der Waals surface area contributed by atoms with E-state index in [-0.39, 0.29) is 18.6 Å². The van der Waals surface area contributed by atoms with Crippen LogP contribution in [0.1, 0.15) is 6.92 Å². The molecule has 0 saturated carbocycles. The lowest BCUT2D eigenvalue weighted by atomic mass is 9.84. The Balaban J connectivity index is 2.76. The van der Waals surface area contributed by atoms with Crippen molar-refractivity contribution in [3.8, 4) is 0 Å². The minimum atomic E-state index is -0.682. The fraction of sp³-hybridized carbons (Fsp3) is 0.727. The molecule has 0 spiro atoms. The topological polar surface area (TPSA) is 75.8 Å². The first-order valence-electron chi connectivity index (χ1n) is 5.40. The van der Waals surface area contributed by atoms with Gasteiger partial charge in [0, 0.05) is 19.1 Å². The molecule has 0 radical (unpaired) electrons. The number of hydrogen-bond acceptors (Lipinski definition) is 4. The summed E-state index contributed by atoms with van der Waals surface area (Å²) in [5, 5.41) is 8.91. The molecule has 1 aliphatic rings. The molecule has 1 fully saturated rings. The van der Waals surface area contributed by atoms with E-state index in [1.54, 1.807) is 17.9 Å². The van der Waals surface area contributed by atoms with Gasteiger partial charge in [0.05, 0.1) is 25.2 Å². The summed E-state index contributed by atoms with van der Waals surface area (Å²) < 4.78 is 5.24. The highest BCUT2D eigenvalue weighted by atomic mass is 16.5. The third-order valence-electron chi connectivity index (χ3n) is 3.01. The van der Waals surface area contributed by atoms with Crippen LogP contribution in [0.25, 0.3) is 0 Å². The number of nitrogens with two attached hydrogens (primary N) is 1. The Morgan fingerprint density at radius 1 is 1.81 bits per heavy atom. The molecule has 1 saturated heterocycles. The van der Waals surface area contributed by atoms with Crippen LogP contribution in [0.4, 0.5) is 0 Å². The maximum Gasteiger partial charge on any atom is 0.232 e. The van der Waals surface area contributed by atoms with Crippen molar-refractivity contribution in [1.82, 2.24) is 4.90 Å². The number of rotatable bonds is 5. The summed E-state index contributed by atoms with van der Waals surface area (Å²) in [6.45, 7) is 6.80. The Hall–Kier alpha value is -0.910. The molecule has 1 amide bonds. The van der Waals surface area contributed by atoms with Crippen LogP contribution >= 0.6 is 0 Å². The summed E-state index contributed by atoms with van der Waals surface area (Å²) >= 11 is 0. The molecule has 0 aliphatic carbocycles. The Morgan fingerprint density at radius 2 is 2.50 bits per heavy atom. The molecule has 5 heteroatoms. The van der Waals surface area contributed by atoms with E-state index in [0.717, 1.165) is 0 Å². The molecule has 92 valence electrons. The van der Waals surface area contributed by atoms with Gasteiger partial charge in [-0.3, -0.25) is 4.79 Å². The molecule has 3 N–H and O–H groups in total. The van der Waals surface area contributed by atoms with Crippen molar-refractivity contribution in [3.05, 3.63) is 12.7 Å². The summed E-state index contributed by atoms with van der Waals surface area (Å²) in [6.07, 6.45) is 1.64. The zero-order valence-electron chi connectivity index (χ0n) is 9.69. The molecule has 16 heavy (non-hydrogen) atoms. The molecule has 2 atom stereocenters. The van der Waals surface area contributed by atoms with Gasteiger partial charge in [0.1, 0.15) is 0 Å². The predicted octanol–water partition coefficient (Wildman–Crippen LogP) is -0.643. The second-order valence-corrected chi connectivity index (χ2v) is 4.30. The van der Waals surface area contributed by atoms with Crippen molar-refractivity contribution < 1.29 is 14.6 Å². The first-order chi connectivity index (χ1) is 7.56. The van der Waals surface area contributed by atoms with Gasteiger partial charge in [-0.05, 0) is 6.92 Å². The SMILES string of the molecule is C=CCN(CCO)C(=O)C1(C)COCC1N. The van der Waals surface area contributed by atoms with Crippen LogP contribution in [0, 0.1) is 5.41 Å². The van der Waals surface area contributed by atoms with E-state index >= 15 is 0 Å². The normalized spacial score (nSPS) is 29.1.